The second-order valence-electron chi connectivity index (χ2n) is 9.54. The number of aryl methyl sites for hydroxylation is 1. The molecule has 0 aliphatic heterocycles. The van der Waals surface area contributed by atoms with Crippen LogP contribution in [0.25, 0.3) is 0 Å². The molecule has 2 aromatic carbocycles. The second kappa shape index (κ2) is 14.6. The van der Waals surface area contributed by atoms with Gasteiger partial charge in [-0.25, -0.2) is 9.78 Å². The van der Waals surface area contributed by atoms with E-state index >= 15 is 0 Å². The number of nitrogens with zero attached hydrogens (tertiary/aromatic N) is 3. The van der Waals surface area contributed by atoms with Crippen LogP contribution >= 0.6 is 22.7 Å². The zero-order chi connectivity index (χ0) is 31.8. The fourth-order valence-electron chi connectivity index (χ4n) is 4.17. The Morgan fingerprint density at radius 3 is 2.07 bits per heavy atom. The van der Waals surface area contributed by atoms with E-state index in [1.54, 1.807) is 38.7 Å². The average Bonchev–Trinajstić information content (AvgIpc) is 3.74. The predicted octanol–water partition coefficient (Wildman–Crippen LogP) is 5.81. The van der Waals surface area contributed by atoms with Crippen molar-refractivity contribution in [3.05, 3.63) is 116 Å². The summed E-state index contributed by atoms with van der Waals surface area (Å²) < 4.78 is 23.7. The Labute approximate surface area is 267 Å². The molecule has 0 saturated carbocycles. The molecule has 13 heteroatoms. The largest absolute Gasteiger partial charge is 0.497 e. The van der Waals surface area contributed by atoms with Crippen molar-refractivity contribution in [3.63, 3.8) is 0 Å². The number of hydrogen-bond donors (Lipinski definition) is 2. The third-order valence-corrected chi connectivity index (χ3v) is 8.21. The first-order chi connectivity index (χ1) is 21.8. The number of rotatable bonds is 14. The maximum atomic E-state index is 12.0. The van der Waals surface area contributed by atoms with E-state index in [1.165, 1.54) is 28.9 Å². The number of hydrogen-bond acceptors (Lipinski definition) is 11. The summed E-state index contributed by atoms with van der Waals surface area (Å²) in [4.78, 5) is 22.8. The molecule has 0 spiro atoms. The summed E-state index contributed by atoms with van der Waals surface area (Å²) in [5.41, 5.74) is 1.79. The van der Waals surface area contributed by atoms with Gasteiger partial charge in [-0.05, 0) is 53.8 Å². The van der Waals surface area contributed by atoms with Gasteiger partial charge < -0.3 is 28.9 Å². The van der Waals surface area contributed by atoms with E-state index in [2.05, 4.69) is 10.1 Å². The smallest absolute Gasteiger partial charge is 0.360 e. The summed E-state index contributed by atoms with van der Waals surface area (Å²) in [7, 11) is 3.20. The Morgan fingerprint density at radius 1 is 0.933 bits per heavy atom. The molecule has 0 aliphatic rings. The van der Waals surface area contributed by atoms with Crippen LogP contribution in [-0.4, -0.2) is 41.2 Å². The molecular weight excluding hydrogens is 618 g/mol. The van der Waals surface area contributed by atoms with Crippen molar-refractivity contribution in [3.8, 4) is 23.0 Å². The number of methoxy groups -OCH3 is 2. The normalized spacial score (nSPS) is 11.9. The van der Waals surface area contributed by atoms with Crippen LogP contribution in [0.3, 0.4) is 0 Å². The predicted molar refractivity (Wildman–Crippen MR) is 167 cm³/mol. The van der Waals surface area contributed by atoms with Gasteiger partial charge >= 0.3 is 5.97 Å². The van der Waals surface area contributed by atoms with Gasteiger partial charge in [0, 0.05) is 10.1 Å². The summed E-state index contributed by atoms with van der Waals surface area (Å²) in [6.07, 6.45) is 0.376. The monoisotopic (exact) mass is 648 g/mol. The highest BCUT2D eigenvalue weighted by molar-refractivity contribution is 7.10. The lowest BCUT2D eigenvalue weighted by molar-refractivity contribution is -0.911. The van der Waals surface area contributed by atoms with Crippen LogP contribution in [0.1, 0.15) is 38.5 Å². The Morgan fingerprint density at radius 2 is 1.56 bits per heavy atom. The molecule has 0 fully saturated rings. The van der Waals surface area contributed by atoms with Crippen LogP contribution in [0.4, 0.5) is 0 Å². The molecule has 2 N–H and O–H groups in total. The van der Waals surface area contributed by atoms with Crippen molar-refractivity contribution in [2.45, 2.75) is 26.2 Å². The number of carboxylic acids is 1. The number of thiophene rings is 1. The quantitative estimate of drug-likeness (QED) is 0.0663. The minimum absolute atomic E-state index is 0.178. The number of carbonyl (C=O) groups is 1. The van der Waals surface area contributed by atoms with Crippen molar-refractivity contribution < 1.29 is 43.6 Å². The third kappa shape index (κ3) is 7.88. The number of aliphatic carboxylic acids is 1. The number of thiazole rings is 1. The van der Waals surface area contributed by atoms with Gasteiger partial charge in [0.2, 0.25) is 17.6 Å². The minimum atomic E-state index is -1.30. The number of pyridine rings is 1. The van der Waals surface area contributed by atoms with E-state index in [-0.39, 0.29) is 36.1 Å². The summed E-state index contributed by atoms with van der Waals surface area (Å²) in [6, 6.07) is 20.0. The molecule has 3 aromatic heterocycles. The Hall–Kier alpha value is -5.14. The number of benzene rings is 2. The summed E-state index contributed by atoms with van der Waals surface area (Å²) in [5, 5.41) is 29.1. The zero-order valence-electron chi connectivity index (χ0n) is 24.6. The molecule has 3 heterocycles. The molecule has 232 valence electrons. The first-order valence-corrected chi connectivity index (χ1v) is 15.3. The maximum Gasteiger partial charge on any atom is 0.360 e. The molecular formula is C32H30N3O8S2+. The van der Waals surface area contributed by atoms with Crippen LogP contribution in [0.5, 0.6) is 23.0 Å². The van der Waals surface area contributed by atoms with E-state index < -0.39 is 12.1 Å². The molecule has 45 heavy (non-hydrogen) atoms. The van der Waals surface area contributed by atoms with Gasteiger partial charge in [-0.1, -0.05) is 35.5 Å². The average molecular weight is 649 g/mol. The van der Waals surface area contributed by atoms with E-state index in [0.717, 1.165) is 27.4 Å². The molecule has 5 aromatic rings. The molecule has 0 radical (unpaired) electrons. The summed E-state index contributed by atoms with van der Waals surface area (Å²) in [6.45, 7) is 2.14. The Kier molecular flexibility index (Phi) is 10.1. The lowest BCUT2D eigenvalue weighted by atomic mass is 10.2. The lowest BCUT2D eigenvalue weighted by Crippen LogP contribution is -2.37. The molecule has 1 atom stereocenters. The van der Waals surface area contributed by atoms with Crippen LogP contribution in [0.2, 0.25) is 0 Å². The fraction of sp³-hybridized carbons (Fsp3) is 0.188. The van der Waals surface area contributed by atoms with E-state index in [0.29, 0.717) is 15.6 Å². The van der Waals surface area contributed by atoms with Gasteiger partial charge in [0.15, 0.2) is 5.75 Å². The van der Waals surface area contributed by atoms with E-state index in [1.807, 2.05) is 60.0 Å². The van der Waals surface area contributed by atoms with Crippen molar-refractivity contribution in [1.29, 1.82) is 0 Å². The van der Waals surface area contributed by atoms with Crippen LogP contribution in [0.15, 0.2) is 88.8 Å². The van der Waals surface area contributed by atoms with Crippen molar-refractivity contribution in [2.24, 2.45) is 5.16 Å². The molecule has 5 rings (SSSR count). The highest BCUT2D eigenvalue weighted by Gasteiger charge is 2.32. The highest BCUT2D eigenvalue weighted by Crippen LogP contribution is 2.34. The first kappa shape index (κ1) is 31.3. The summed E-state index contributed by atoms with van der Waals surface area (Å²) in [5.74, 6) is 0.729. The molecule has 1 unspecified atom stereocenters. The standard InChI is InChI=1S/C32H29N3O8S2/c1-20-33-25(19-45-20)30(32(36)37)34-43-31(29-5-4-14-44-29)26-15-27(41-17-21-6-10-23(39-2)11-7-21)28(16-35(26)38)42-18-22-8-12-24(40-3)13-9-22/h4-16,19,31H,17-18H2,1-3H3,(H-,36,37,38)/p+1/b34-30-. The van der Waals surface area contributed by atoms with Crippen LogP contribution in [-0.2, 0) is 22.8 Å². The van der Waals surface area contributed by atoms with Gasteiger partial charge in [0.25, 0.3) is 11.9 Å². The Bertz CT molecular complexity index is 1750. The van der Waals surface area contributed by atoms with E-state index in [9.17, 15) is 15.1 Å². The van der Waals surface area contributed by atoms with Gasteiger partial charge in [0.05, 0.1) is 30.2 Å². The number of carboxylic acid groups (broad SMARTS) is 1. The van der Waals surface area contributed by atoms with Crippen molar-refractivity contribution >= 4 is 34.4 Å². The van der Waals surface area contributed by atoms with Gasteiger partial charge in [-0.2, -0.15) is 0 Å². The van der Waals surface area contributed by atoms with E-state index in [4.69, 9.17) is 23.8 Å². The van der Waals surface area contributed by atoms with Gasteiger partial charge in [-0.3, -0.25) is 5.21 Å². The summed E-state index contributed by atoms with van der Waals surface area (Å²) >= 11 is 2.65. The number of oxime groups is 1. The van der Waals surface area contributed by atoms with Gasteiger partial charge in [-0.15, -0.1) is 22.7 Å². The van der Waals surface area contributed by atoms with Crippen molar-refractivity contribution in [1.82, 2.24) is 4.98 Å². The molecule has 0 bridgehead atoms. The van der Waals surface area contributed by atoms with Crippen LogP contribution < -0.4 is 23.7 Å². The number of ether oxygens (including phenoxy) is 4. The molecule has 0 aliphatic carbocycles. The zero-order valence-corrected chi connectivity index (χ0v) is 26.2. The van der Waals surface area contributed by atoms with Crippen molar-refractivity contribution in [2.75, 3.05) is 14.2 Å². The molecule has 0 saturated heterocycles. The SMILES string of the molecule is COc1ccc(COc2cc(C(O/N=C(\C(=O)O)c3csc(C)n3)c3cccs3)[n+](O)cc2OCc2ccc(OC)cc2)cc1. The highest BCUT2D eigenvalue weighted by atomic mass is 32.1. The van der Waals surface area contributed by atoms with Crippen LogP contribution in [0, 0.1) is 6.92 Å². The third-order valence-electron chi connectivity index (χ3n) is 6.52. The number of aromatic nitrogens is 2. The fourth-order valence-corrected chi connectivity index (χ4v) is 5.52. The lowest BCUT2D eigenvalue weighted by Gasteiger charge is -2.15. The minimum Gasteiger partial charge on any atom is -0.497 e. The van der Waals surface area contributed by atoms with Gasteiger partial charge in [0.1, 0.15) is 30.4 Å². The second-order valence-corrected chi connectivity index (χ2v) is 11.6. The molecule has 0 amide bonds. The maximum absolute atomic E-state index is 12.0. The molecule has 11 nitrogen and oxygen atoms in total. The Balaban J connectivity index is 1.49. The first-order valence-electron chi connectivity index (χ1n) is 13.6. The topological polar surface area (TPSA) is 133 Å².